The van der Waals surface area contributed by atoms with Gasteiger partial charge in [0.1, 0.15) is 18.2 Å². The van der Waals surface area contributed by atoms with Gasteiger partial charge in [-0.15, -0.1) is 0 Å². The second-order valence-corrected chi connectivity index (χ2v) is 5.90. The van der Waals surface area contributed by atoms with Crippen LogP contribution < -0.4 is 10.2 Å². The lowest BCUT2D eigenvalue weighted by atomic mass is 10.1. The van der Waals surface area contributed by atoms with E-state index in [0.29, 0.717) is 11.5 Å². The number of methoxy groups -OCH3 is 2. The number of para-hydroxylation sites is 1. The number of aromatic nitrogens is 1. The molecular formula is C20H19N3O6. The molecule has 9 nitrogen and oxygen atoms in total. The van der Waals surface area contributed by atoms with E-state index in [4.69, 9.17) is 14.2 Å². The molecule has 1 aliphatic heterocycles. The maximum absolute atomic E-state index is 12.9. The van der Waals surface area contributed by atoms with Crippen molar-refractivity contribution in [1.29, 1.82) is 0 Å². The average molecular weight is 397 g/mol. The molecule has 1 aromatic carbocycles. The fourth-order valence-electron chi connectivity index (χ4n) is 2.86. The zero-order valence-corrected chi connectivity index (χ0v) is 15.9. The number of hydrogen-bond acceptors (Lipinski definition) is 8. The highest BCUT2D eigenvalue weighted by molar-refractivity contribution is 6.10. The largest absolute Gasteiger partial charge is 0.466 e. The number of benzene rings is 1. The summed E-state index contributed by atoms with van der Waals surface area (Å²) in [6, 6.07) is 11.7. The molecule has 0 fully saturated rings. The lowest BCUT2D eigenvalue weighted by molar-refractivity contribution is -0.140. The fourth-order valence-corrected chi connectivity index (χ4v) is 2.86. The Kier molecular flexibility index (Phi) is 6.20. The molecule has 2 heterocycles. The van der Waals surface area contributed by atoms with Crippen molar-refractivity contribution in [1.82, 2.24) is 4.98 Å². The summed E-state index contributed by atoms with van der Waals surface area (Å²) in [7, 11) is 2.41. The normalized spacial score (nSPS) is 13.7. The Morgan fingerprint density at radius 3 is 2.45 bits per heavy atom. The maximum Gasteiger partial charge on any atom is 0.355 e. The summed E-state index contributed by atoms with van der Waals surface area (Å²) in [6.45, 7) is -0.172. The molecule has 29 heavy (non-hydrogen) atoms. The Balaban J connectivity index is 2.04. The highest BCUT2D eigenvalue weighted by Gasteiger charge is 2.34. The van der Waals surface area contributed by atoms with Gasteiger partial charge in [-0.25, -0.2) is 14.6 Å². The summed E-state index contributed by atoms with van der Waals surface area (Å²) in [5, 5.41) is 2.70. The molecule has 0 saturated heterocycles. The van der Waals surface area contributed by atoms with Crippen molar-refractivity contribution < 1.29 is 28.6 Å². The van der Waals surface area contributed by atoms with E-state index < -0.39 is 17.8 Å². The van der Waals surface area contributed by atoms with Crippen LogP contribution in [0.5, 0.6) is 0 Å². The van der Waals surface area contributed by atoms with E-state index in [1.165, 1.54) is 19.1 Å². The zero-order chi connectivity index (χ0) is 20.8. The third-order valence-electron chi connectivity index (χ3n) is 4.18. The van der Waals surface area contributed by atoms with E-state index >= 15 is 0 Å². The Hall–Kier alpha value is -3.72. The quantitative estimate of drug-likeness (QED) is 0.760. The highest BCUT2D eigenvalue weighted by Crippen LogP contribution is 2.30. The number of nitrogens with one attached hydrogen (secondary N) is 1. The van der Waals surface area contributed by atoms with E-state index in [9.17, 15) is 14.4 Å². The van der Waals surface area contributed by atoms with Gasteiger partial charge >= 0.3 is 11.9 Å². The maximum atomic E-state index is 12.9. The predicted octanol–water partition coefficient (Wildman–Crippen LogP) is 1.73. The van der Waals surface area contributed by atoms with Crippen LogP contribution in [-0.4, -0.2) is 50.4 Å². The monoisotopic (exact) mass is 397 g/mol. The molecule has 1 aromatic heterocycles. The Morgan fingerprint density at radius 1 is 1.03 bits per heavy atom. The third-order valence-corrected chi connectivity index (χ3v) is 4.18. The molecule has 1 aliphatic rings. The third kappa shape index (κ3) is 4.25. The minimum Gasteiger partial charge on any atom is -0.466 e. The second-order valence-electron chi connectivity index (χ2n) is 5.90. The van der Waals surface area contributed by atoms with Gasteiger partial charge in [-0.3, -0.25) is 4.79 Å². The van der Waals surface area contributed by atoms with E-state index in [1.807, 2.05) is 0 Å². The van der Waals surface area contributed by atoms with Crippen LogP contribution in [0.2, 0.25) is 0 Å². The Labute approximate surface area is 166 Å². The molecule has 0 spiro atoms. The summed E-state index contributed by atoms with van der Waals surface area (Å²) < 4.78 is 15.1. The number of hydrogen-bond donors (Lipinski definition) is 1. The SMILES string of the molecule is COC(=O)C1=C(C(=O)OC)N(c2ccccc2C(=O)Nc2ccccn2)COC1. The number of anilines is 2. The van der Waals surface area contributed by atoms with Gasteiger partial charge in [0, 0.05) is 6.20 Å². The number of amides is 1. The molecule has 0 radical (unpaired) electrons. The van der Waals surface area contributed by atoms with Crippen LogP contribution in [0.3, 0.4) is 0 Å². The molecule has 150 valence electrons. The van der Waals surface area contributed by atoms with Gasteiger partial charge in [-0.1, -0.05) is 18.2 Å². The first-order chi connectivity index (χ1) is 14.1. The fraction of sp³-hybridized carbons (Fsp3) is 0.200. The molecule has 3 rings (SSSR count). The first-order valence-electron chi connectivity index (χ1n) is 8.63. The molecule has 1 amide bonds. The van der Waals surface area contributed by atoms with Crippen LogP contribution in [0, 0.1) is 0 Å². The van der Waals surface area contributed by atoms with Crippen molar-refractivity contribution in [2.75, 3.05) is 37.8 Å². The van der Waals surface area contributed by atoms with Crippen molar-refractivity contribution in [2.24, 2.45) is 0 Å². The lowest BCUT2D eigenvalue weighted by Gasteiger charge is -2.32. The molecule has 9 heteroatoms. The minimum atomic E-state index is -0.742. The molecule has 1 N–H and O–H groups in total. The van der Waals surface area contributed by atoms with E-state index in [2.05, 4.69) is 10.3 Å². The number of carbonyl (C=O) groups excluding carboxylic acids is 3. The molecule has 0 saturated carbocycles. The zero-order valence-electron chi connectivity index (χ0n) is 15.9. The summed E-state index contributed by atoms with van der Waals surface area (Å²) in [4.78, 5) is 42.9. The summed E-state index contributed by atoms with van der Waals surface area (Å²) in [5.41, 5.74) is 0.589. The van der Waals surface area contributed by atoms with E-state index in [1.54, 1.807) is 48.7 Å². The van der Waals surface area contributed by atoms with Crippen molar-refractivity contribution in [3.05, 3.63) is 65.5 Å². The molecule has 0 unspecified atom stereocenters. The minimum absolute atomic E-state index is 0.00513. The first kappa shape index (κ1) is 20.0. The van der Waals surface area contributed by atoms with Gasteiger partial charge in [0.15, 0.2) is 0 Å². The first-order valence-corrected chi connectivity index (χ1v) is 8.63. The van der Waals surface area contributed by atoms with E-state index in [-0.39, 0.29) is 30.2 Å². The van der Waals surface area contributed by atoms with Crippen LogP contribution in [-0.2, 0) is 23.8 Å². The second kappa shape index (κ2) is 8.98. The standard InChI is InChI=1S/C20H19N3O6/c1-27-19(25)14-11-29-12-23(17(14)20(26)28-2)15-8-4-3-7-13(15)18(24)22-16-9-5-6-10-21-16/h3-10H,11-12H2,1-2H3,(H,21,22,24). The van der Waals surface area contributed by atoms with Gasteiger partial charge in [-0.2, -0.15) is 0 Å². The van der Waals surface area contributed by atoms with Gasteiger partial charge in [0.2, 0.25) is 0 Å². The topological polar surface area (TPSA) is 107 Å². The highest BCUT2D eigenvalue weighted by atomic mass is 16.5. The summed E-state index contributed by atoms with van der Waals surface area (Å²) in [5.74, 6) is -1.52. The summed E-state index contributed by atoms with van der Waals surface area (Å²) in [6.07, 6.45) is 1.56. The number of ether oxygens (including phenoxy) is 3. The van der Waals surface area contributed by atoms with Gasteiger partial charge in [-0.05, 0) is 24.3 Å². The van der Waals surface area contributed by atoms with Crippen LogP contribution in [0.15, 0.2) is 59.9 Å². The van der Waals surface area contributed by atoms with Crippen LogP contribution in [0.25, 0.3) is 0 Å². The summed E-state index contributed by atoms with van der Waals surface area (Å²) >= 11 is 0. The van der Waals surface area contributed by atoms with Crippen LogP contribution in [0.4, 0.5) is 11.5 Å². The van der Waals surface area contributed by atoms with Gasteiger partial charge in [0.25, 0.3) is 5.91 Å². The van der Waals surface area contributed by atoms with Crippen LogP contribution >= 0.6 is 0 Å². The Morgan fingerprint density at radius 2 is 1.76 bits per heavy atom. The van der Waals surface area contributed by atoms with Crippen molar-refractivity contribution in [2.45, 2.75) is 0 Å². The van der Waals surface area contributed by atoms with Gasteiger partial charge in [0.05, 0.1) is 37.7 Å². The van der Waals surface area contributed by atoms with Crippen molar-refractivity contribution in [3.8, 4) is 0 Å². The molecular weight excluding hydrogens is 378 g/mol. The molecule has 0 atom stereocenters. The van der Waals surface area contributed by atoms with Crippen LogP contribution in [0.1, 0.15) is 10.4 Å². The van der Waals surface area contributed by atoms with Crippen molar-refractivity contribution in [3.63, 3.8) is 0 Å². The number of nitrogens with zero attached hydrogens (tertiary/aromatic N) is 2. The average Bonchev–Trinajstić information content (AvgIpc) is 2.78. The molecule has 0 aliphatic carbocycles. The van der Waals surface area contributed by atoms with Crippen molar-refractivity contribution >= 4 is 29.4 Å². The van der Waals surface area contributed by atoms with Gasteiger partial charge < -0.3 is 24.4 Å². The number of pyridine rings is 1. The number of esters is 2. The molecule has 0 bridgehead atoms. The predicted molar refractivity (Wildman–Crippen MR) is 103 cm³/mol. The smallest absolute Gasteiger partial charge is 0.355 e. The molecule has 2 aromatic rings. The van der Waals surface area contributed by atoms with E-state index in [0.717, 1.165) is 0 Å². The Bertz CT molecular complexity index is 958. The lowest BCUT2D eigenvalue weighted by Crippen LogP contribution is -2.39. The number of carbonyl (C=O) groups is 3. The number of rotatable bonds is 5.